The molecule has 0 N–H and O–H groups in total. The minimum Gasteiger partial charge on any atom is -0.375 e. The third-order valence-electron chi connectivity index (χ3n) is 2.36. The number of likely N-dealkylation sites (tertiary alicyclic amines) is 1. The SMILES string of the molecule is CC(C)OC1CCC(=O)N(C)CC1. The molecule has 3 nitrogen and oxygen atoms in total. The van der Waals surface area contributed by atoms with Crippen LogP contribution in [-0.4, -0.2) is 36.6 Å². The zero-order chi connectivity index (χ0) is 9.84. The van der Waals surface area contributed by atoms with E-state index in [4.69, 9.17) is 4.74 Å². The van der Waals surface area contributed by atoms with E-state index >= 15 is 0 Å². The molecule has 0 aliphatic carbocycles. The summed E-state index contributed by atoms with van der Waals surface area (Å²) in [4.78, 5) is 13.1. The summed E-state index contributed by atoms with van der Waals surface area (Å²) in [5.41, 5.74) is 0. The standard InChI is InChI=1S/C10H19NO2/c1-8(2)13-9-4-5-10(12)11(3)7-6-9/h8-9H,4-7H2,1-3H3. The Morgan fingerprint density at radius 2 is 2.15 bits per heavy atom. The normalized spacial score (nSPS) is 25.1. The summed E-state index contributed by atoms with van der Waals surface area (Å²) in [6.07, 6.45) is 3.02. The Bertz CT molecular complexity index is 180. The molecule has 76 valence electrons. The van der Waals surface area contributed by atoms with Crippen molar-refractivity contribution in [1.29, 1.82) is 0 Å². The summed E-state index contributed by atoms with van der Waals surface area (Å²) < 4.78 is 5.69. The molecule has 1 atom stereocenters. The van der Waals surface area contributed by atoms with Crippen LogP contribution in [0.3, 0.4) is 0 Å². The molecule has 1 rings (SSSR count). The summed E-state index contributed by atoms with van der Waals surface area (Å²) in [6, 6.07) is 0. The second-order valence-electron chi connectivity index (χ2n) is 3.95. The quantitative estimate of drug-likeness (QED) is 0.651. The van der Waals surface area contributed by atoms with Gasteiger partial charge in [-0.05, 0) is 26.7 Å². The van der Waals surface area contributed by atoms with Crippen LogP contribution in [0.25, 0.3) is 0 Å². The van der Waals surface area contributed by atoms with E-state index in [1.165, 1.54) is 0 Å². The van der Waals surface area contributed by atoms with Crippen molar-refractivity contribution in [3.05, 3.63) is 0 Å². The Balaban J connectivity index is 2.40. The summed E-state index contributed by atoms with van der Waals surface area (Å²) in [5.74, 6) is 0.245. The number of ether oxygens (including phenoxy) is 1. The van der Waals surface area contributed by atoms with Gasteiger partial charge < -0.3 is 9.64 Å². The number of amides is 1. The van der Waals surface area contributed by atoms with E-state index in [9.17, 15) is 4.79 Å². The van der Waals surface area contributed by atoms with Gasteiger partial charge in [0.1, 0.15) is 0 Å². The average Bonchev–Trinajstić information content (AvgIpc) is 2.19. The molecule has 0 spiro atoms. The summed E-state index contributed by atoms with van der Waals surface area (Å²) in [7, 11) is 1.86. The third kappa shape index (κ3) is 3.35. The van der Waals surface area contributed by atoms with Gasteiger partial charge >= 0.3 is 0 Å². The highest BCUT2D eigenvalue weighted by Gasteiger charge is 2.20. The average molecular weight is 185 g/mol. The molecule has 1 amide bonds. The topological polar surface area (TPSA) is 29.5 Å². The van der Waals surface area contributed by atoms with Crippen molar-refractivity contribution in [2.24, 2.45) is 0 Å². The van der Waals surface area contributed by atoms with E-state index in [-0.39, 0.29) is 18.1 Å². The predicted octanol–water partition coefficient (Wildman–Crippen LogP) is 1.42. The van der Waals surface area contributed by atoms with Gasteiger partial charge in [-0.1, -0.05) is 0 Å². The molecule has 3 heteroatoms. The highest BCUT2D eigenvalue weighted by Crippen LogP contribution is 2.15. The fourth-order valence-electron chi connectivity index (χ4n) is 1.60. The van der Waals surface area contributed by atoms with Crippen LogP contribution in [0.2, 0.25) is 0 Å². The van der Waals surface area contributed by atoms with Crippen LogP contribution in [0.5, 0.6) is 0 Å². The fourth-order valence-corrected chi connectivity index (χ4v) is 1.60. The lowest BCUT2D eigenvalue weighted by Gasteiger charge is -2.18. The molecule has 1 unspecified atom stereocenters. The van der Waals surface area contributed by atoms with Crippen LogP contribution in [0.15, 0.2) is 0 Å². The van der Waals surface area contributed by atoms with Crippen molar-refractivity contribution in [1.82, 2.24) is 4.90 Å². The molecule has 1 heterocycles. The van der Waals surface area contributed by atoms with Crippen molar-refractivity contribution >= 4 is 5.91 Å². The van der Waals surface area contributed by atoms with Crippen LogP contribution in [0, 0.1) is 0 Å². The lowest BCUT2D eigenvalue weighted by Crippen LogP contribution is -2.25. The first-order valence-electron chi connectivity index (χ1n) is 4.99. The van der Waals surface area contributed by atoms with Crippen molar-refractivity contribution in [2.75, 3.05) is 13.6 Å². The van der Waals surface area contributed by atoms with Crippen LogP contribution < -0.4 is 0 Å². The number of rotatable bonds is 2. The van der Waals surface area contributed by atoms with Gasteiger partial charge in [-0.2, -0.15) is 0 Å². The Kier molecular flexibility index (Phi) is 3.72. The van der Waals surface area contributed by atoms with E-state index in [2.05, 4.69) is 0 Å². The molecule has 0 aromatic carbocycles. The van der Waals surface area contributed by atoms with Gasteiger partial charge in [0.25, 0.3) is 0 Å². The minimum atomic E-state index is 0.245. The second kappa shape index (κ2) is 4.61. The molecule has 1 aliphatic rings. The highest BCUT2D eigenvalue weighted by atomic mass is 16.5. The molecular weight excluding hydrogens is 166 g/mol. The van der Waals surface area contributed by atoms with E-state index in [0.29, 0.717) is 6.42 Å². The first-order chi connectivity index (χ1) is 6.09. The third-order valence-corrected chi connectivity index (χ3v) is 2.36. The number of carbonyl (C=O) groups excluding carboxylic acids is 1. The van der Waals surface area contributed by atoms with Crippen molar-refractivity contribution in [3.63, 3.8) is 0 Å². The molecule has 0 radical (unpaired) electrons. The van der Waals surface area contributed by atoms with Gasteiger partial charge in [0, 0.05) is 20.0 Å². The molecule has 13 heavy (non-hydrogen) atoms. The molecule has 0 saturated carbocycles. The van der Waals surface area contributed by atoms with Crippen molar-refractivity contribution < 1.29 is 9.53 Å². The predicted molar refractivity (Wildman–Crippen MR) is 51.5 cm³/mol. The highest BCUT2D eigenvalue weighted by molar-refractivity contribution is 5.76. The number of hydrogen-bond acceptors (Lipinski definition) is 2. The lowest BCUT2D eigenvalue weighted by molar-refractivity contribution is -0.129. The van der Waals surface area contributed by atoms with Gasteiger partial charge in [0.15, 0.2) is 0 Å². The van der Waals surface area contributed by atoms with Crippen molar-refractivity contribution in [2.45, 2.75) is 45.3 Å². The number of hydrogen-bond donors (Lipinski definition) is 0. The van der Waals surface area contributed by atoms with Crippen molar-refractivity contribution in [3.8, 4) is 0 Å². The molecule has 0 aromatic rings. The second-order valence-corrected chi connectivity index (χ2v) is 3.95. The fraction of sp³-hybridized carbons (Fsp3) is 0.900. The molecule has 0 bridgehead atoms. The van der Waals surface area contributed by atoms with E-state index < -0.39 is 0 Å². The first-order valence-corrected chi connectivity index (χ1v) is 4.99. The smallest absolute Gasteiger partial charge is 0.222 e. The molecule has 1 fully saturated rings. The van der Waals surface area contributed by atoms with Gasteiger partial charge in [0.05, 0.1) is 12.2 Å². The molecule has 0 aromatic heterocycles. The Labute approximate surface area is 80.1 Å². The first kappa shape index (κ1) is 10.5. The monoisotopic (exact) mass is 185 g/mol. The maximum Gasteiger partial charge on any atom is 0.222 e. The zero-order valence-electron chi connectivity index (χ0n) is 8.75. The maximum absolute atomic E-state index is 11.3. The molecule has 1 saturated heterocycles. The van der Waals surface area contributed by atoms with Gasteiger partial charge in [-0.25, -0.2) is 0 Å². The summed E-state index contributed by atoms with van der Waals surface area (Å²) >= 11 is 0. The van der Waals surface area contributed by atoms with Gasteiger partial charge in [-0.3, -0.25) is 4.79 Å². The van der Waals surface area contributed by atoms with Gasteiger partial charge in [-0.15, -0.1) is 0 Å². The van der Waals surface area contributed by atoms with E-state index in [1.54, 1.807) is 4.90 Å². The van der Waals surface area contributed by atoms with Crippen LogP contribution in [-0.2, 0) is 9.53 Å². The Morgan fingerprint density at radius 1 is 1.46 bits per heavy atom. The largest absolute Gasteiger partial charge is 0.375 e. The lowest BCUT2D eigenvalue weighted by atomic mass is 10.1. The van der Waals surface area contributed by atoms with Crippen LogP contribution in [0.1, 0.15) is 33.1 Å². The maximum atomic E-state index is 11.3. The Morgan fingerprint density at radius 3 is 2.77 bits per heavy atom. The number of carbonyl (C=O) groups is 1. The van der Waals surface area contributed by atoms with Gasteiger partial charge in [0.2, 0.25) is 5.91 Å². The number of nitrogens with zero attached hydrogens (tertiary/aromatic N) is 1. The Hall–Kier alpha value is -0.570. The minimum absolute atomic E-state index is 0.245. The zero-order valence-corrected chi connectivity index (χ0v) is 8.75. The summed E-state index contributed by atoms with van der Waals surface area (Å²) in [6.45, 7) is 4.91. The molecular formula is C10H19NO2. The van der Waals surface area contributed by atoms with Crippen LogP contribution >= 0.6 is 0 Å². The van der Waals surface area contributed by atoms with E-state index in [0.717, 1.165) is 19.4 Å². The van der Waals surface area contributed by atoms with E-state index in [1.807, 2.05) is 20.9 Å². The van der Waals surface area contributed by atoms with Crippen LogP contribution in [0.4, 0.5) is 0 Å². The summed E-state index contributed by atoms with van der Waals surface area (Å²) in [5, 5.41) is 0. The molecule has 1 aliphatic heterocycles.